The minimum Gasteiger partial charge on any atom is -0.497 e. The topological polar surface area (TPSA) is 85.2 Å². The van der Waals surface area contributed by atoms with E-state index >= 15 is 0 Å². The highest BCUT2D eigenvalue weighted by Gasteiger charge is 2.18. The minimum absolute atomic E-state index is 0.295. The zero-order chi connectivity index (χ0) is 20.2. The van der Waals surface area contributed by atoms with Crippen molar-refractivity contribution in [1.82, 2.24) is 19.5 Å². The quantitative estimate of drug-likeness (QED) is 0.718. The van der Waals surface area contributed by atoms with Crippen LogP contribution in [0.25, 0.3) is 5.82 Å². The molecular formula is C21H24N6O2. The number of imidazole rings is 1. The number of piperidine rings is 1. The summed E-state index contributed by atoms with van der Waals surface area (Å²) in [5.41, 5.74) is 0.951. The number of rotatable bonds is 5. The summed E-state index contributed by atoms with van der Waals surface area (Å²) in [6.07, 6.45) is 7.14. The van der Waals surface area contributed by atoms with E-state index in [2.05, 4.69) is 32.1 Å². The van der Waals surface area contributed by atoms with E-state index in [1.807, 2.05) is 18.2 Å². The molecule has 1 amide bonds. The maximum atomic E-state index is 12.5. The average Bonchev–Trinajstić information content (AvgIpc) is 3.25. The molecule has 0 unspecified atom stereocenters. The van der Waals surface area contributed by atoms with E-state index in [4.69, 9.17) is 4.74 Å². The van der Waals surface area contributed by atoms with Gasteiger partial charge in [0.1, 0.15) is 35.7 Å². The predicted molar refractivity (Wildman–Crippen MR) is 111 cm³/mol. The molecule has 8 heteroatoms. The van der Waals surface area contributed by atoms with E-state index in [-0.39, 0.29) is 5.91 Å². The van der Waals surface area contributed by atoms with Gasteiger partial charge >= 0.3 is 0 Å². The van der Waals surface area contributed by atoms with Crippen molar-refractivity contribution < 1.29 is 9.53 Å². The molecule has 1 aliphatic heterocycles. The lowest BCUT2D eigenvalue weighted by Gasteiger charge is -2.31. The lowest BCUT2D eigenvalue weighted by Crippen LogP contribution is -2.33. The summed E-state index contributed by atoms with van der Waals surface area (Å²) in [6.45, 7) is 4.28. The molecular weight excluding hydrogens is 368 g/mol. The average molecular weight is 392 g/mol. The van der Waals surface area contributed by atoms with Crippen LogP contribution < -0.4 is 15.0 Å². The van der Waals surface area contributed by atoms with Crippen LogP contribution in [0.2, 0.25) is 0 Å². The number of carbonyl (C=O) groups excluding carboxylic acids is 1. The Balaban J connectivity index is 1.48. The SMILES string of the molecule is COc1cccc(NC(=O)c2cn(-c3cc(N4CCC(C)CC4)ncn3)cn2)c1. The zero-order valence-electron chi connectivity index (χ0n) is 16.6. The highest BCUT2D eigenvalue weighted by Crippen LogP contribution is 2.22. The third-order valence-corrected chi connectivity index (χ3v) is 5.15. The van der Waals surface area contributed by atoms with Crippen LogP contribution >= 0.6 is 0 Å². The van der Waals surface area contributed by atoms with Crippen LogP contribution in [0.3, 0.4) is 0 Å². The molecule has 0 spiro atoms. The van der Waals surface area contributed by atoms with Crippen LogP contribution in [0.15, 0.2) is 49.2 Å². The molecule has 1 aromatic carbocycles. The van der Waals surface area contributed by atoms with Crippen molar-refractivity contribution in [2.45, 2.75) is 19.8 Å². The lowest BCUT2D eigenvalue weighted by molar-refractivity contribution is 0.102. The van der Waals surface area contributed by atoms with Crippen molar-refractivity contribution in [2.75, 3.05) is 30.4 Å². The summed E-state index contributed by atoms with van der Waals surface area (Å²) >= 11 is 0. The molecule has 0 saturated carbocycles. The standard InChI is InChI=1S/C21H24N6O2/c1-15-6-8-26(9-7-15)19-11-20(23-13-22-19)27-12-18(24-14-27)21(28)25-16-4-3-5-17(10-16)29-2/h3-5,10-15H,6-9H2,1-2H3,(H,25,28). The van der Waals surface area contributed by atoms with Gasteiger partial charge in [-0.25, -0.2) is 15.0 Å². The first-order chi connectivity index (χ1) is 14.1. The Bertz CT molecular complexity index is 994. The van der Waals surface area contributed by atoms with Crippen molar-refractivity contribution in [3.8, 4) is 11.6 Å². The number of ether oxygens (including phenoxy) is 1. The van der Waals surface area contributed by atoms with E-state index in [0.717, 1.165) is 24.8 Å². The third-order valence-electron chi connectivity index (χ3n) is 5.15. The lowest BCUT2D eigenvalue weighted by atomic mass is 9.99. The van der Waals surface area contributed by atoms with Crippen molar-refractivity contribution in [3.63, 3.8) is 0 Å². The smallest absolute Gasteiger partial charge is 0.275 e. The molecule has 150 valence electrons. The van der Waals surface area contributed by atoms with Gasteiger partial charge in [0.2, 0.25) is 0 Å². The van der Waals surface area contributed by atoms with Gasteiger partial charge in [0.25, 0.3) is 5.91 Å². The first-order valence-electron chi connectivity index (χ1n) is 9.69. The molecule has 29 heavy (non-hydrogen) atoms. The molecule has 0 bridgehead atoms. The molecule has 1 N–H and O–H groups in total. The molecule has 8 nitrogen and oxygen atoms in total. The Morgan fingerprint density at radius 1 is 1.14 bits per heavy atom. The summed E-state index contributed by atoms with van der Waals surface area (Å²) in [6, 6.07) is 9.12. The molecule has 1 saturated heterocycles. The number of hydrogen-bond acceptors (Lipinski definition) is 6. The summed E-state index contributed by atoms with van der Waals surface area (Å²) in [5, 5.41) is 2.83. The summed E-state index contributed by atoms with van der Waals surface area (Å²) in [5.74, 6) is 2.72. The number of hydrogen-bond donors (Lipinski definition) is 1. The molecule has 0 radical (unpaired) electrons. The monoisotopic (exact) mass is 392 g/mol. The Hall–Kier alpha value is -3.42. The largest absolute Gasteiger partial charge is 0.497 e. The van der Waals surface area contributed by atoms with E-state index in [0.29, 0.717) is 22.9 Å². The molecule has 0 aliphatic carbocycles. The van der Waals surface area contributed by atoms with Gasteiger partial charge in [-0.3, -0.25) is 9.36 Å². The van der Waals surface area contributed by atoms with E-state index in [1.54, 1.807) is 42.7 Å². The van der Waals surface area contributed by atoms with Gasteiger partial charge in [-0.05, 0) is 30.9 Å². The van der Waals surface area contributed by atoms with Crippen LogP contribution in [-0.4, -0.2) is 45.6 Å². The van der Waals surface area contributed by atoms with Gasteiger partial charge in [-0.15, -0.1) is 0 Å². The van der Waals surface area contributed by atoms with Gasteiger partial charge in [-0.2, -0.15) is 0 Å². The van der Waals surface area contributed by atoms with E-state index in [9.17, 15) is 4.79 Å². The first-order valence-corrected chi connectivity index (χ1v) is 9.69. The fourth-order valence-electron chi connectivity index (χ4n) is 3.35. The third kappa shape index (κ3) is 4.37. The van der Waals surface area contributed by atoms with E-state index in [1.165, 1.54) is 12.8 Å². The van der Waals surface area contributed by atoms with Gasteiger partial charge < -0.3 is 15.0 Å². The second-order valence-corrected chi connectivity index (χ2v) is 7.26. The van der Waals surface area contributed by atoms with Gasteiger partial charge in [0.05, 0.1) is 7.11 Å². The van der Waals surface area contributed by atoms with Gasteiger partial charge in [0, 0.05) is 37.1 Å². The normalized spacial score (nSPS) is 14.6. The predicted octanol–water partition coefficient (Wildman–Crippen LogP) is 3.16. The Morgan fingerprint density at radius 2 is 1.93 bits per heavy atom. The Kier molecular flexibility index (Phi) is 5.41. The van der Waals surface area contributed by atoms with Crippen LogP contribution in [-0.2, 0) is 0 Å². The Labute approximate surface area is 169 Å². The van der Waals surface area contributed by atoms with Crippen molar-refractivity contribution in [2.24, 2.45) is 5.92 Å². The Morgan fingerprint density at radius 3 is 2.72 bits per heavy atom. The van der Waals surface area contributed by atoms with Crippen LogP contribution in [0.4, 0.5) is 11.5 Å². The van der Waals surface area contributed by atoms with Crippen molar-refractivity contribution in [1.29, 1.82) is 0 Å². The minimum atomic E-state index is -0.295. The second-order valence-electron chi connectivity index (χ2n) is 7.26. The van der Waals surface area contributed by atoms with Gasteiger partial charge in [0.15, 0.2) is 0 Å². The molecule has 4 rings (SSSR count). The molecule has 1 aliphatic rings. The summed E-state index contributed by atoms with van der Waals surface area (Å²) < 4.78 is 6.92. The number of amides is 1. The zero-order valence-corrected chi connectivity index (χ0v) is 16.6. The fraction of sp³-hybridized carbons (Fsp3) is 0.333. The number of nitrogens with one attached hydrogen (secondary N) is 1. The van der Waals surface area contributed by atoms with Crippen LogP contribution in [0, 0.1) is 5.92 Å². The van der Waals surface area contributed by atoms with Crippen molar-refractivity contribution in [3.05, 3.63) is 54.9 Å². The highest BCUT2D eigenvalue weighted by atomic mass is 16.5. The fourth-order valence-corrected chi connectivity index (χ4v) is 3.35. The highest BCUT2D eigenvalue weighted by molar-refractivity contribution is 6.02. The van der Waals surface area contributed by atoms with Crippen LogP contribution in [0.5, 0.6) is 5.75 Å². The molecule has 3 aromatic rings. The maximum Gasteiger partial charge on any atom is 0.275 e. The summed E-state index contributed by atoms with van der Waals surface area (Å²) in [7, 11) is 1.59. The van der Waals surface area contributed by atoms with Crippen LogP contribution in [0.1, 0.15) is 30.3 Å². The molecule has 2 aromatic heterocycles. The number of anilines is 2. The number of methoxy groups -OCH3 is 1. The molecule has 3 heterocycles. The molecule has 1 fully saturated rings. The molecule has 0 atom stereocenters. The number of nitrogens with zero attached hydrogens (tertiary/aromatic N) is 5. The number of aromatic nitrogens is 4. The second kappa shape index (κ2) is 8.30. The van der Waals surface area contributed by atoms with Gasteiger partial charge in [-0.1, -0.05) is 13.0 Å². The summed E-state index contributed by atoms with van der Waals surface area (Å²) in [4.78, 5) is 27.8. The first kappa shape index (κ1) is 18.9. The van der Waals surface area contributed by atoms with Crippen molar-refractivity contribution >= 4 is 17.4 Å². The maximum absolute atomic E-state index is 12.5. The van der Waals surface area contributed by atoms with E-state index < -0.39 is 0 Å². The number of carbonyl (C=O) groups is 1. The number of benzene rings is 1.